The van der Waals surface area contributed by atoms with Crippen LogP contribution >= 0.6 is 0 Å². The summed E-state index contributed by atoms with van der Waals surface area (Å²) >= 11 is 0. The van der Waals surface area contributed by atoms with Gasteiger partial charge < -0.3 is 9.84 Å². The number of benzene rings is 1. The van der Waals surface area contributed by atoms with Crippen LogP contribution in [-0.2, 0) is 16.1 Å². The molecule has 0 aromatic heterocycles. The fraction of sp³-hybridized carbons (Fsp3) is 0.467. The molecule has 4 heteroatoms. The Bertz CT molecular complexity index is 470. The van der Waals surface area contributed by atoms with E-state index in [-0.39, 0.29) is 6.10 Å². The van der Waals surface area contributed by atoms with Gasteiger partial charge in [0, 0.05) is 0 Å². The summed E-state index contributed by atoms with van der Waals surface area (Å²) in [6.45, 7) is 0.540. The molecule has 1 saturated carbocycles. The summed E-state index contributed by atoms with van der Waals surface area (Å²) in [6, 6.07) is 11.8. The van der Waals surface area contributed by atoms with E-state index in [9.17, 15) is 4.79 Å². The molecular formula is C15H17NO3. The van der Waals surface area contributed by atoms with E-state index in [1.165, 1.54) is 0 Å². The fourth-order valence-corrected chi connectivity index (χ4v) is 2.41. The van der Waals surface area contributed by atoms with Crippen LogP contribution in [0.3, 0.4) is 0 Å². The Morgan fingerprint density at radius 3 is 2.53 bits per heavy atom. The minimum Gasteiger partial charge on any atom is -0.480 e. The quantitative estimate of drug-likeness (QED) is 0.902. The highest BCUT2D eigenvalue weighted by Crippen LogP contribution is 2.37. The van der Waals surface area contributed by atoms with Gasteiger partial charge in [0.25, 0.3) is 0 Å². The third kappa shape index (κ3) is 3.12. The number of hydrogen-bond donors (Lipinski definition) is 1. The largest absolute Gasteiger partial charge is 0.480 e. The van der Waals surface area contributed by atoms with E-state index in [0.717, 1.165) is 5.56 Å². The van der Waals surface area contributed by atoms with Crippen molar-refractivity contribution >= 4 is 5.97 Å². The predicted molar refractivity (Wildman–Crippen MR) is 69.2 cm³/mol. The van der Waals surface area contributed by atoms with Crippen LogP contribution in [-0.4, -0.2) is 17.2 Å². The second-order valence-electron chi connectivity index (χ2n) is 5.00. The molecule has 0 amide bonds. The minimum atomic E-state index is -1.20. The topological polar surface area (TPSA) is 70.3 Å². The Morgan fingerprint density at radius 1 is 1.37 bits per heavy atom. The molecule has 0 radical (unpaired) electrons. The van der Waals surface area contributed by atoms with Crippen LogP contribution in [0, 0.1) is 16.7 Å². The van der Waals surface area contributed by atoms with Crippen LogP contribution in [0.4, 0.5) is 0 Å². The van der Waals surface area contributed by atoms with E-state index < -0.39 is 11.4 Å². The molecule has 0 bridgehead atoms. The van der Waals surface area contributed by atoms with E-state index in [1.807, 2.05) is 36.4 Å². The SMILES string of the molecule is N#CC1(C(=O)O)CCC(OCc2ccccc2)CC1. The molecule has 0 atom stereocenters. The first-order chi connectivity index (χ1) is 9.16. The number of aliphatic carboxylic acids is 1. The summed E-state index contributed by atoms with van der Waals surface area (Å²) in [4.78, 5) is 11.1. The number of carboxylic acid groups (broad SMARTS) is 1. The van der Waals surface area contributed by atoms with Crippen molar-refractivity contribution in [2.75, 3.05) is 0 Å². The fourth-order valence-electron chi connectivity index (χ4n) is 2.41. The molecule has 1 fully saturated rings. The number of carboxylic acids is 1. The van der Waals surface area contributed by atoms with Crippen molar-refractivity contribution in [1.82, 2.24) is 0 Å². The molecule has 0 saturated heterocycles. The van der Waals surface area contributed by atoms with Gasteiger partial charge >= 0.3 is 5.97 Å². The molecule has 1 aliphatic rings. The lowest BCUT2D eigenvalue weighted by Crippen LogP contribution is -2.36. The molecule has 4 nitrogen and oxygen atoms in total. The molecule has 2 rings (SSSR count). The highest BCUT2D eigenvalue weighted by atomic mass is 16.5. The van der Waals surface area contributed by atoms with Gasteiger partial charge in [-0.05, 0) is 31.2 Å². The lowest BCUT2D eigenvalue weighted by atomic mass is 9.74. The van der Waals surface area contributed by atoms with Gasteiger partial charge in [0.15, 0.2) is 5.41 Å². The molecular weight excluding hydrogens is 242 g/mol. The zero-order valence-corrected chi connectivity index (χ0v) is 10.7. The average Bonchev–Trinajstić information content (AvgIpc) is 2.46. The molecule has 0 unspecified atom stereocenters. The van der Waals surface area contributed by atoms with Crippen molar-refractivity contribution in [3.8, 4) is 6.07 Å². The van der Waals surface area contributed by atoms with Crippen molar-refractivity contribution in [1.29, 1.82) is 5.26 Å². The highest BCUT2D eigenvalue weighted by Gasteiger charge is 2.42. The van der Waals surface area contributed by atoms with Crippen LogP contribution in [0.5, 0.6) is 0 Å². The molecule has 100 valence electrons. The summed E-state index contributed by atoms with van der Waals surface area (Å²) in [5, 5.41) is 18.2. The van der Waals surface area contributed by atoms with E-state index in [1.54, 1.807) is 0 Å². The Labute approximate surface area is 112 Å². The standard InChI is InChI=1S/C15H17NO3/c16-11-15(14(17)18)8-6-13(7-9-15)19-10-12-4-2-1-3-5-12/h1-5,13H,6-10H2,(H,17,18). The maximum Gasteiger partial charge on any atom is 0.324 e. The maximum absolute atomic E-state index is 11.1. The number of rotatable bonds is 4. The van der Waals surface area contributed by atoms with Crippen LogP contribution in [0.1, 0.15) is 31.2 Å². The summed E-state index contributed by atoms with van der Waals surface area (Å²) in [5.74, 6) is -1.00. The molecule has 1 aromatic rings. The molecule has 1 aromatic carbocycles. The van der Waals surface area contributed by atoms with Gasteiger partial charge in [-0.2, -0.15) is 5.26 Å². The zero-order valence-electron chi connectivity index (χ0n) is 10.7. The molecule has 0 heterocycles. The number of nitriles is 1. The third-order valence-corrected chi connectivity index (χ3v) is 3.74. The second-order valence-corrected chi connectivity index (χ2v) is 5.00. The molecule has 1 N–H and O–H groups in total. The number of ether oxygens (including phenoxy) is 1. The van der Waals surface area contributed by atoms with Gasteiger partial charge in [-0.1, -0.05) is 30.3 Å². The van der Waals surface area contributed by atoms with Gasteiger partial charge in [-0.15, -0.1) is 0 Å². The lowest BCUT2D eigenvalue weighted by molar-refractivity contribution is -0.148. The average molecular weight is 259 g/mol. The van der Waals surface area contributed by atoms with Crippen molar-refractivity contribution in [3.63, 3.8) is 0 Å². The first-order valence-electron chi connectivity index (χ1n) is 6.46. The predicted octanol–water partition coefficient (Wildman–Crippen LogP) is 2.74. The van der Waals surface area contributed by atoms with E-state index in [0.29, 0.717) is 32.3 Å². The Morgan fingerprint density at radius 2 is 2.00 bits per heavy atom. The van der Waals surface area contributed by atoms with Crippen molar-refractivity contribution in [2.45, 2.75) is 38.4 Å². The Hall–Kier alpha value is -1.86. The van der Waals surface area contributed by atoms with Gasteiger partial charge in [-0.3, -0.25) is 4.79 Å². The summed E-state index contributed by atoms with van der Waals surface area (Å²) in [5.41, 5.74) is -0.0927. The first kappa shape index (κ1) is 13.6. The van der Waals surface area contributed by atoms with Crippen molar-refractivity contribution in [2.24, 2.45) is 5.41 Å². The summed E-state index contributed by atoms with van der Waals surface area (Å²) < 4.78 is 5.78. The van der Waals surface area contributed by atoms with Gasteiger partial charge in [-0.25, -0.2) is 0 Å². The first-order valence-corrected chi connectivity index (χ1v) is 6.46. The molecule has 0 spiro atoms. The molecule has 0 aliphatic heterocycles. The highest BCUT2D eigenvalue weighted by molar-refractivity contribution is 5.78. The third-order valence-electron chi connectivity index (χ3n) is 3.74. The van der Waals surface area contributed by atoms with Gasteiger partial charge in [0.1, 0.15) is 0 Å². The van der Waals surface area contributed by atoms with E-state index in [2.05, 4.69) is 0 Å². The zero-order chi connectivity index (χ0) is 13.7. The van der Waals surface area contributed by atoms with Gasteiger partial charge in [0.05, 0.1) is 18.8 Å². The van der Waals surface area contributed by atoms with E-state index >= 15 is 0 Å². The number of carbonyl (C=O) groups is 1. The summed E-state index contributed by atoms with van der Waals surface area (Å²) in [7, 11) is 0. The van der Waals surface area contributed by atoms with Crippen LogP contribution in [0.15, 0.2) is 30.3 Å². The van der Waals surface area contributed by atoms with Crippen LogP contribution in [0.2, 0.25) is 0 Å². The Kier molecular flexibility index (Phi) is 4.18. The van der Waals surface area contributed by atoms with Crippen LogP contribution < -0.4 is 0 Å². The lowest BCUT2D eigenvalue weighted by Gasteiger charge is -2.31. The molecule has 19 heavy (non-hydrogen) atoms. The summed E-state index contributed by atoms with van der Waals surface area (Å²) in [6.07, 6.45) is 2.07. The van der Waals surface area contributed by atoms with Crippen molar-refractivity contribution in [3.05, 3.63) is 35.9 Å². The maximum atomic E-state index is 11.1. The van der Waals surface area contributed by atoms with Gasteiger partial charge in [0.2, 0.25) is 0 Å². The Balaban J connectivity index is 1.84. The number of hydrogen-bond acceptors (Lipinski definition) is 3. The molecule has 1 aliphatic carbocycles. The normalized spacial score (nSPS) is 26.6. The van der Waals surface area contributed by atoms with E-state index in [4.69, 9.17) is 15.1 Å². The number of nitrogens with zero attached hydrogens (tertiary/aromatic N) is 1. The monoisotopic (exact) mass is 259 g/mol. The van der Waals surface area contributed by atoms with Crippen molar-refractivity contribution < 1.29 is 14.6 Å². The minimum absolute atomic E-state index is 0.0565. The van der Waals surface area contributed by atoms with Crippen LogP contribution in [0.25, 0.3) is 0 Å². The second kappa shape index (κ2) is 5.85. The smallest absolute Gasteiger partial charge is 0.324 e.